The molecular weight excluding hydrogens is 477 g/mol. The van der Waals surface area contributed by atoms with E-state index in [1.165, 1.54) is 68.5 Å². The molecule has 1 heterocycles. The minimum Gasteiger partial charge on any atom is -0.489 e. The summed E-state index contributed by atoms with van der Waals surface area (Å²) in [5, 5.41) is 0. The molecule has 29 heavy (non-hydrogen) atoms. The van der Waals surface area contributed by atoms with Crippen LogP contribution in [-0.4, -0.2) is 43.2 Å². The summed E-state index contributed by atoms with van der Waals surface area (Å²) < 4.78 is 12.4. The molecule has 0 bridgehead atoms. The Labute approximate surface area is 190 Å². The summed E-state index contributed by atoms with van der Waals surface area (Å²) in [5.74, 6) is 0.741. The highest BCUT2D eigenvalue weighted by Gasteiger charge is 2.38. The quantitative estimate of drug-likeness (QED) is 0.168. The van der Waals surface area contributed by atoms with Crippen molar-refractivity contribution in [2.75, 3.05) is 20.2 Å². The van der Waals surface area contributed by atoms with E-state index in [-0.39, 0.29) is 18.1 Å². The Balaban J connectivity index is 1.67. The van der Waals surface area contributed by atoms with Crippen molar-refractivity contribution in [1.82, 2.24) is 4.90 Å². The number of carbonyl (C=O) groups is 1. The summed E-state index contributed by atoms with van der Waals surface area (Å²) in [5.41, 5.74) is 0. The maximum atomic E-state index is 12.2. The molecule has 1 aliphatic heterocycles. The topological polar surface area (TPSA) is 38.8 Å². The smallest absolute Gasteiger partial charge is 0.323 e. The van der Waals surface area contributed by atoms with Gasteiger partial charge in [-0.25, -0.2) is 0 Å². The molecule has 4 nitrogen and oxygen atoms in total. The van der Waals surface area contributed by atoms with Gasteiger partial charge in [0, 0.05) is 16.5 Å². The Morgan fingerprint density at radius 1 is 1.00 bits per heavy atom. The Morgan fingerprint density at radius 2 is 1.59 bits per heavy atom. The van der Waals surface area contributed by atoms with Gasteiger partial charge in [-0.2, -0.15) is 0 Å². The van der Waals surface area contributed by atoms with Crippen LogP contribution in [0.4, 0.5) is 0 Å². The minimum absolute atomic E-state index is 0.0438. The lowest BCUT2D eigenvalue weighted by molar-refractivity contribution is -0.145. The van der Waals surface area contributed by atoms with E-state index in [2.05, 4.69) is 34.4 Å². The van der Waals surface area contributed by atoms with Gasteiger partial charge in [-0.1, -0.05) is 64.7 Å². The Bertz CT molecular complexity index is 578. The zero-order valence-corrected chi connectivity index (χ0v) is 20.4. The average Bonchev–Trinajstić information content (AvgIpc) is 3.13. The molecular formula is C24H38INO3. The number of likely N-dealkylation sites (tertiary alicyclic amines) is 1. The van der Waals surface area contributed by atoms with Crippen molar-refractivity contribution in [3.63, 3.8) is 0 Å². The largest absolute Gasteiger partial charge is 0.489 e. The number of hydrogen-bond acceptors (Lipinski definition) is 4. The predicted octanol–water partition coefficient (Wildman–Crippen LogP) is 6.21. The molecule has 1 fully saturated rings. The van der Waals surface area contributed by atoms with Gasteiger partial charge in [-0.3, -0.25) is 9.69 Å². The van der Waals surface area contributed by atoms with Crippen molar-refractivity contribution in [2.24, 2.45) is 0 Å². The van der Waals surface area contributed by atoms with Crippen LogP contribution in [0.3, 0.4) is 0 Å². The minimum atomic E-state index is -0.174. The SMILES string of the molecule is CCCCCCCCCCCCN1C[C@@H](Oc2ccc(I)cc2)C[C@H]1C(=O)OC. The van der Waals surface area contributed by atoms with Gasteiger partial charge in [0.1, 0.15) is 17.9 Å². The van der Waals surface area contributed by atoms with E-state index in [9.17, 15) is 4.79 Å². The van der Waals surface area contributed by atoms with E-state index in [1.54, 1.807) is 0 Å². The van der Waals surface area contributed by atoms with Crippen LogP contribution in [0.1, 0.15) is 77.6 Å². The van der Waals surface area contributed by atoms with Crippen LogP contribution in [0, 0.1) is 3.57 Å². The summed E-state index contributed by atoms with van der Waals surface area (Å²) in [6.45, 7) is 4.01. The third-order valence-corrected chi connectivity index (χ3v) is 6.47. The molecule has 1 aromatic rings. The fourth-order valence-corrected chi connectivity index (χ4v) is 4.44. The normalized spacial score (nSPS) is 19.4. The molecule has 0 aromatic heterocycles. The van der Waals surface area contributed by atoms with Crippen LogP contribution >= 0.6 is 22.6 Å². The van der Waals surface area contributed by atoms with Gasteiger partial charge in [0.2, 0.25) is 0 Å². The van der Waals surface area contributed by atoms with Crippen LogP contribution in [0.25, 0.3) is 0 Å². The number of nitrogens with zero attached hydrogens (tertiary/aromatic N) is 1. The predicted molar refractivity (Wildman–Crippen MR) is 127 cm³/mol. The van der Waals surface area contributed by atoms with Crippen molar-refractivity contribution in [3.8, 4) is 5.75 Å². The van der Waals surface area contributed by atoms with Gasteiger partial charge in [0.25, 0.3) is 0 Å². The lowest BCUT2D eigenvalue weighted by Crippen LogP contribution is -2.37. The van der Waals surface area contributed by atoms with Crippen molar-refractivity contribution in [3.05, 3.63) is 27.8 Å². The first-order valence-electron chi connectivity index (χ1n) is 11.4. The molecule has 0 radical (unpaired) electrons. The summed E-state index contributed by atoms with van der Waals surface area (Å²) >= 11 is 2.29. The molecule has 0 N–H and O–H groups in total. The molecule has 2 atom stereocenters. The number of ether oxygens (including phenoxy) is 2. The fraction of sp³-hybridized carbons (Fsp3) is 0.708. The van der Waals surface area contributed by atoms with Crippen LogP contribution in [0.2, 0.25) is 0 Å². The highest BCUT2D eigenvalue weighted by molar-refractivity contribution is 14.1. The molecule has 0 saturated carbocycles. The number of hydrogen-bond donors (Lipinski definition) is 0. The number of carbonyl (C=O) groups excluding carboxylic acids is 1. The molecule has 0 amide bonds. The molecule has 0 aliphatic carbocycles. The number of benzene rings is 1. The third kappa shape index (κ3) is 9.24. The summed E-state index contributed by atoms with van der Waals surface area (Å²) in [6.07, 6.45) is 14.0. The van der Waals surface area contributed by atoms with Crippen molar-refractivity contribution in [1.29, 1.82) is 0 Å². The monoisotopic (exact) mass is 515 g/mol. The van der Waals surface area contributed by atoms with Crippen LogP contribution in [-0.2, 0) is 9.53 Å². The van der Waals surface area contributed by atoms with E-state index >= 15 is 0 Å². The van der Waals surface area contributed by atoms with Crippen molar-refractivity contribution < 1.29 is 14.3 Å². The van der Waals surface area contributed by atoms with Gasteiger partial charge in [-0.05, 0) is 59.8 Å². The number of esters is 1. The van der Waals surface area contributed by atoms with E-state index in [4.69, 9.17) is 9.47 Å². The first kappa shape index (κ1) is 24.4. The fourth-order valence-electron chi connectivity index (χ4n) is 4.08. The summed E-state index contributed by atoms with van der Waals surface area (Å²) in [7, 11) is 1.48. The van der Waals surface area contributed by atoms with E-state index in [1.807, 2.05) is 24.3 Å². The highest BCUT2D eigenvalue weighted by Crippen LogP contribution is 2.25. The maximum Gasteiger partial charge on any atom is 0.323 e. The second-order valence-corrected chi connectivity index (χ2v) is 9.39. The lowest BCUT2D eigenvalue weighted by Gasteiger charge is -2.21. The number of halogens is 1. The zero-order valence-electron chi connectivity index (χ0n) is 18.2. The van der Waals surface area contributed by atoms with Gasteiger partial charge in [-0.15, -0.1) is 0 Å². The zero-order chi connectivity index (χ0) is 20.9. The maximum absolute atomic E-state index is 12.2. The standard InChI is InChI=1S/C24H38INO3/c1-3-4-5-6-7-8-9-10-11-12-17-26-19-22(18-23(26)24(27)28-2)29-21-15-13-20(25)14-16-21/h13-16,22-23H,3-12,17-19H2,1-2H3/t22-,23-/m0/s1. The lowest BCUT2D eigenvalue weighted by atomic mass is 10.1. The summed E-state index contributed by atoms with van der Waals surface area (Å²) in [4.78, 5) is 14.5. The highest BCUT2D eigenvalue weighted by atomic mass is 127. The van der Waals surface area contributed by atoms with Crippen LogP contribution in [0.15, 0.2) is 24.3 Å². The molecule has 1 aromatic carbocycles. The Hall–Kier alpha value is -0.820. The van der Waals surface area contributed by atoms with Gasteiger partial charge < -0.3 is 9.47 Å². The number of methoxy groups -OCH3 is 1. The molecule has 1 aliphatic rings. The van der Waals surface area contributed by atoms with Crippen molar-refractivity contribution >= 4 is 28.6 Å². The molecule has 164 valence electrons. The van der Waals surface area contributed by atoms with Crippen molar-refractivity contribution in [2.45, 2.75) is 89.7 Å². The van der Waals surface area contributed by atoms with Gasteiger partial charge >= 0.3 is 5.97 Å². The molecule has 2 rings (SSSR count). The first-order chi connectivity index (χ1) is 14.1. The Morgan fingerprint density at radius 3 is 2.17 bits per heavy atom. The average molecular weight is 515 g/mol. The molecule has 0 spiro atoms. The van der Waals surface area contributed by atoms with E-state index in [0.717, 1.165) is 25.3 Å². The second-order valence-electron chi connectivity index (χ2n) is 8.15. The van der Waals surface area contributed by atoms with Gasteiger partial charge in [0.05, 0.1) is 7.11 Å². The Kier molecular flexibility index (Phi) is 12.0. The molecule has 1 saturated heterocycles. The van der Waals surface area contributed by atoms with Gasteiger partial charge in [0.15, 0.2) is 0 Å². The third-order valence-electron chi connectivity index (χ3n) is 5.75. The summed E-state index contributed by atoms with van der Waals surface area (Å²) in [6, 6.07) is 7.92. The number of unbranched alkanes of at least 4 members (excludes halogenated alkanes) is 9. The van der Waals surface area contributed by atoms with Crippen LogP contribution in [0.5, 0.6) is 5.75 Å². The first-order valence-corrected chi connectivity index (χ1v) is 12.5. The number of rotatable bonds is 14. The van der Waals surface area contributed by atoms with E-state index in [0.29, 0.717) is 6.42 Å². The second kappa shape index (κ2) is 14.2. The molecule has 0 unspecified atom stereocenters. The van der Waals surface area contributed by atoms with E-state index < -0.39 is 0 Å². The van der Waals surface area contributed by atoms with Crippen LogP contribution < -0.4 is 4.74 Å². The molecule has 5 heteroatoms.